The predicted octanol–water partition coefficient (Wildman–Crippen LogP) is 11.8. The quantitative estimate of drug-likeness (QED) is 0.0761. The molecule has 0 radical (unpaired) electrons. The molecule has 0 bridgehead atoms. The van der Waals surface area contributed by atoms with Gasteiger partial charge in [0.2, 0.25) is 0 Å². The minimum absolute atomic E-state index is 0.738. The van der Waals surface area contributed by atoms with E-state index in [1.54, 1.807) is 0 Å². The van der Waals surface area contributed by atoms with Crippen molar-refractivity contribution in [3.63, 3.8) is 0 Å². The van der Waals surface area contributed by atoms with E-state index in [-0.39, 0.29) is 0 Å². The summed E-state index contributed by atoms with van der Waals surface area (Å²) < 4.78 is 19.1. The molecule has 0 N–H and O–H groups in total. The molecule has 0 aromatic heterocycles. The molecule has 228 valence electrons. The largest absolute Gasteiger partial charge is 0.493 e. The topological polar surface area (TPSA) is 27.7 Å². The molecule has 0 amide bonds. The van der Waals surface area contributed by atoms with Gasteiger partial charge in [-0.25, -0.2) is 0 Å². The first-order valence-corrected chi connectivity index (χ1v) is 17.9. The number of halogens is 2. The second kappa shape index (κ2) is 18.1. The third-order valence-electron chi connectivity index (χ3n) is 7.35. The van der Waals surface area contributed by atoms with Crippen molar-refractivity contribution in [1.29, 1.82) is 0 Å². The van der Waals surface area contributed by atoms with Gasteiger partial charge in [-0.15, -0.1) is 0 Å². The zero-order valence-electron chi connectivity index (χ0n) is 25.5. The smallest absolute Gasteiger partial charge is 0.135 e. The lowest BCUT2D eigenvalue weighted by atomic mass is 9.98. The number of benzene rings is 4. The van der Waals surface area contributed by atoms with E-state index in [9.17, 15) is 0 Å². The van der Waals surface area contributed by atoms with E-state index in [1.807, 2.05) is 12.1 Å². The molecule has 3 nitrogen and oxygen atoms in total. The van der Waals surface area contributed by atoms with Crippen LogP contribution in [0.1, 0.15) is 63.5 Å². The normalized spacial score (nSPS) is 11.0. The van der Waals surface area contributed by atoms with Gasteiger partial charge in [0.15, 0.2) is 0 Å². The molecule has 0 saturated heterocycles. The van der Waals surface area contributed by atoms with Gasteiger partial charge >= 0.3 is 0 Å². The first kappa shape index (κ1) is 33.1. The van der Waals surface area contributed by atoms with Gasteiger partial charge in [0.25, 0.3) is 0 Å². The fourth-order valence-electron chi connectivity index (χ4n) is 5.17. The number of hydrogen-bond acceptors (Lipinski definition) is 3. The van der Waals surface area contributed by atoms with Crippen LogP contribution in [0.4, 0.5) is 0 Å². The molecular formula is C38H44Br2O3. The highest BCUT2D eigenvalue weighted by atomic mass is 79.9. The van der Waals surface area contributed by atoms with Crippen molar-refractivity contribution in [2.75, 3.05) is 23.9 Å². The molecule has 0 heterocycles. The molecule has 0 spiro atoms. The molecule has 43 heavy (non-hydrogen) atoms. The predicted molar refractivity (Wildman–Crippen MR) is 189 cm³/mol. The van der Waals surface area contributed by atoms with Crippen LogP contribution in [0, 0.1) is 0 Å². The highest BCUT2D eigenvalue weighted by Crippen LogP contribution is 2.40. The lowest BCUT2D eigenvalue weighted by Gasteiger charge is -2.17. The maximum absolute atomic E-state index is 6.72. The second-order valence-electron chi connectivity index (χ2n) is 10.7. The van der Waals surface area contributed by atoms with E-state index in [2.05, 4.69) is 119 Å². The van der Waals surface area contributed by atoms with Crippen LogP contribution in [-0.2, 0) is 12.8 Å². The van der Waals surface area contributed by atoms with Crippen molar-refractivity contribution >= 4 is 31.9 Å². The molecule has 0 unspecified atom stereocenters. The number of rotatable bonds is 18. The first-order valence-electron chi connectivity index (χ1n) is 15.7. The van der Waals surface area contributed by atoms with Crippen molar-refractivity contribution in [3.05, 3.63) is 96.1 Å². The van der Waals surface area contributed by atoms with Crippen LogP contribution in [0.15, 0.2) is 84.9 Å². The van der Waals surface area contributed by atoms with E-state index in [0.717, 1.165) is 120 Å². The monoisotopic (exact) mass is 706 g/mol. The summed E-state index contributed by atoms with van der Waals surface area (Å²) >= 11 is 7.02. The molecule has 0 saturated carbocycles. The third-order valence-corrected chi connectivity index (χ3v) is 8.47. The van der Waals surface area contributed by atoms with E-state index in [0.29, 0.717) is 0 Å². The fourth-order valence-corrected chi connectivity index (χ4v) is 5.96. The Morgan fingerprint density at radius 3 is 1.37 bits per heavy atom. The van der Waals surface area contributed by atoms with Gasteiger partial charge in [-0.3, -0.25) is 0 Å². The number of unbranched alkanes of at least 4 members (excludes halogenated alkanes) is 2. The average Bonchev–Trinajstić information content (AvgIpc) is 3.03. The second-order valence-corrected chi connectivity index (χ2v) is 12.3. The standard InChI is InChI=1S/C38H44Br2O3/c1-3-13-31-27-29(19-21-35(31)41-25-11-9-23-39)33-15-5-7-17-37(33)43-38-18-8-6-16-34(38)30-20-22-36(32(28-30)14-4-2)42-26-12-10-24-40/h5-8,15-22,27-28H,3-4,9-14,23-26H2,1-2H3. The summed E-state index contributed by atoms with van der Waals surface area (Å²) in [5.74, 6) is 3.65. The van der Waals surface area contributed by atoms with Gasteiger partial charge in [-0.2, -0.15) is 0 Å². The minimum Gasteiger partial charge on any atom is -0.493 e. The Bertz CT molecular complexity index is 1310. The van der Waals surface area contributed by atoms with Crippen LogP contribution >= 0.6 is 31.9 Å². The zero-order valence-corrected chi connectivity index (χ0v) is 28.7. The fraction of sp³-hybridized carbons (Fsp3) is 0.368. The molecule has 4 rings (SSSR count). The summed E-state index contributed by atoms with van der Waals surface area (Å²) in [5.41, 5.74) is 6.89. The van der Waals surface area contributed by atoms with Crippen LogP contribution in [0.2, 0.25) is 0 Å². The molecule has 0 fully saturated rings. The van der Waals surface area contributed by atoms with Crippen molar-refractivity contribution in [2.24, 2.45) is 0 Å². The summed E-state index contributed by atoms with van der Waals surface area (Å²) in [5, 5.41) is 2.02. The van der Waals surface area contributed by atoms with Crippen molar-refractivity contribution in [1.82, 2.24) is 0 Å². The Labute approximate surface area is 275 Å². The Kier molecular flexibility index (Phi) is 14.0. The molecule has 0 aliphatic heterocycles. The third kappa shape index (κ3) is 9.61. The van der Waals surface area contributed by atoms with Crippen LogP contribution in [-0.4, -0.2) is 23.9 Å². The molecule has 4 aromatic carbocycles. The molecular weight excluding hydrogens is 664 g/mol. The molecule has 4 aromatic rings. The molecule has 5 heteroatoms. The SMILES string of the molecule is CCCc1cc(-c2ccccc2Oc2ccccc2-c2ccc(OCCCCBr)c(CCC)c2)ccc1OCCCCBr. The Balaban J connectivity index is 1.61. The van der Waals surface area contributed by atoms with Gasteiger partial charge in [0, 0.05) is 21.8 Å². The van der Waals surface area contributed by atoms with Crippen LogP contribution in [0.5, 0.6) is 23.0 Å². The maximum Gasteiger partial charge on any atom is 0.135 e. The number of ether oxygens (including phenoxy) is 3. The van der Waals surface area contributed by atoms with Crippen LogP contribution < -0.4 is 14.2 Å². The van der Waals surface area contributed by atoms with Gasteiger partial charge in [-0.1, -0.05) is 107 Å². The van der Waals surface area contributed by atoms with Gasteiger partial charge in [-0.05, 0) is 97.2 Å². The first-order chi connectivity index (χ1) is 21.2. The summed E-state index contributed by atoms with van der Waals surface area (Å²) in [7, 11) is 0. The molecule has 0 atom stereocenters. The highest BCUT2D eigenvalue weighted by molar-refractivity contribution is 9.09. The highest BCUT2D eigenvalue weighted by Gasteiger charge is 2.15. The van der Waals surface area contributed by atoms with Crippen LogP contribution in [0.25, 0.3) is 22.3 Å². The van der Waals surface area contributed by atoms with E-state index >= 15 is 0 Å². The molecule has 0 aliphatic rings. The van der Waals surface area contributed by atoms with Crippen molar-refractivity contribution in [2.45, 2.75) is 65.2 Å². The molecule has 0 aliphatic carbocycles. The lowest BCUT2D eigenvalue weighted by molar-refractivity contribution is 0.306. The summed E-state index contributed by atoms with van der Waals surface area (Å²) in [6.07, 6.45) is 8.39. The summed E-state index contributed by atoms with van der Waals surface area (Å²) in [6.45, 7) is 5.90. The van der Waals surface area contributed by atoms with E-state index in [4.69, 9.17) is 14.2 Å². The maximum atomic E-state index is 6.72. The zero-order chi connectivity index (χ0) is 30.3. The minimum atomic E-state index is 0.738. The van der Waals surface area contributed by atoms with Crippen molar-refractivity contribution < 1.29 is 14.2 Å². The average molecular weight is 709 g/mol. The van der Waals surface area contributed by atoms with E-state index < -0.39 is 0 Å². The number of alkyl halides is 2. The Hall–Kier alpha value is -2.76. The van der Waals surface area contributed by atoms with Crippen LogP contribution in [0.3, 0.4) is 0 Å². The number of aryl methyl sites for hydroxylation is 2. The summed E-state index contributed by atoms with van der Waals surface area (Å²) in [4.78, 5) is 0. The lowest BCUT2D eigenvalue weighted by Crippen LogP contribution is -2.01. The van der Waals surface area contributed by atoms with Crippen molar-refractivity contribution in [3.8, 4) is 45.3 Å². The number of hydrogen-bond donors (Lipinski definition) is 0. The van der Waals surface area contributed by atoms with Gasteiger partial charge in [0.1, 0.15) is 23.0 Å². The summed E-state index contributed by atoms with van der Waals surface area (Å²) in [6, 6.07) is 29.7. The van der Waals surface area contributed by atoms with Gasteiger partial charge in [0.05, 0.1) is 13.2 Å². The number of para-hydroxylation sites is 2. The Morgan fingerprint density at radius 2 is 0.953 bits per heavy atom. The Morgan fingerprint density at radius 1 is 0.512 bits per heavy atom. The van der Waals surface area contributed by atoms with Gasteiger partial charge < -0.3 is 14.2 Å². The van der Waals surface area contributed by atoms with E-state index in [1.165, 1.54) is 11.1 Å².